The molecular formula is C24H29N3O2S. The van der Waals surface area contributed by atoms with Crippen molar-refractivity contribution in [2.24, 2.45) is 5.41 Å². The second-order valence-electron chi connectivity index (χ2n) is 9.17. The van der Waals surface area contributed by atoms with E-state index >= 15 is 0 Å². The maximum atomic E-state index is 13.4. The third-order valence-electron chi connectivity index (χ3n) is 7.40. The first-order valence-corrected chi connectivity index (χ1v) is 12.0. The molecule has 1 aliphatic carbocycles. The van der Waals surface area contributed by atoms with Crippen LogP contribution in [0.25, 0.3) is 0 Å². The van der Waals surface area contributed by atoms with Crippen molar-refractivity contribution in [3.63, 3.8) is 0 Å². The molecule has 2 aliphatic heterocycles. The number of aromatic nitrogens is 1. The molecular weight excluding hydrogens is 394 g/mol. The summed E-state index contributed by atoms with van der Waals surface area (Å²) in [5, 5.41) is 0. The number of amides is 2. The van der Waals surface area contributed by atoms with Crippen LogP contribution >= 0.6 is 11.3 Å². The second-order valence-corrected chi connectivity index (χ2v) is 10.1. The van der Waals surface area contributed by atoms with E-state index in [2.05, 4.69) is 16.8 Å². The lowest BCUT2D eigenvalue weighted by Crippen LogP contribution is -2.66. The Bertz CT molecular complexity index is 970. The predicted octanol–water partition coefficient (Wildman–Crippen LogP) is 4.51. The topological polar surface area (TPSA) is 53.5 Å². The maximum Gasteiger partial charge on any atom is 0.253 e. The van der Waals surface area contributed by atoms with Gasteiger partial charge in [-0.15, -0.1) is 11.3 Å². The van der Waals surface area contributed by atoms with E-state index in [1.807, 2.05) is 41.6 Å². The van der Waals surface area contributed by atoms with E-state index in [-0.39, 0.29) is 23.4 Å². The van der Waals surface area contributed by atoms with Crippen molar-refractivity contribution in [1.29, 1.82) is 0 Å². The summed E-state index contributed by atoms with van der Waals surface area (Å²) in [7, 11) is 0. The zero-order valence-corrected chi connectivity index (χ0v) is 18.6. The zero-order chi connectivity index (χ0) is 20.9. The number of piperidine rings is 1. The standard InChI is InChI=1S/C24H29N3O2S/c1-16-6-5-7-18(14-16)22(28)26-12-8-19(9-13-26)27-21(20-17(2)25-15-30-20)24(23(27)29)10-3-4-11-24/h5-7,14-15,19,21H,3-4,8-13H2,1-2H3. The Morgan fingerprint density at radius 1 is 1.17 bits per heavy atom. The molecule has 2 saturated heterocycles. The summed E-state index contributed by atoms with van der Waals surface area (Å²) < 4.78 is 0. The van der Waals surface area contributed by atoms with Gasteiger partial charge < -0.3 is 9.80 Å². The zero-order valence-electron chi connectivity index (χ0n) is 17.8. The highest BCUT2D eigenvalue weighted by atomic mass is 32.1. The normalized spacial score (nSPS) is 23.8. The number of aryl methyl sites for hydroxylation is 2. The highest BCUT2D eigenvalue weighted by molar-refractivity contribution is 7.09. The average Bonchev–Trinajstić information content (AvgIpc) is 3.42. The highest BCUT2D eigenvalue weighted by Crippen LogP contribution is 2.61. The molecule has 0 radical (unpaired) electrons. The van der Waals surface area contributed by atoms with Crippen LogP contribution in [-0.4, -0.2) is 45.7 Å². The van der Waals surface area contributed by atoms with Crippen molar-refractivity contribution in [1.82, 2.24) is 14.8 Å². The summed E-state index contributed by atoms with van der Waals surface area (Å²) >= 11 is 1.70. The molecule has 0 bridgehead atoms. The molecule has 2 aromatic rings. The smallest absolute Gasteiger partial charge is 0.253 e. The number of thiazole rings is 1. The van der Waals surface area contributed by atoms with Gasteiger partial charge in [0.25, 0.3) is 5.91 Å². The molecule has 5 rings (SSSR count). The van der Waals surface area contributed by atoms with E-state index in [1.54, 1.807) is 11.3 Å². The van der Waals surface area contributed by atoms with Crippen molar-refractivity contribution >= 4 is 23.2 Å². The second kappa shape index (κ2) is 7.49. The van der Waals surface area contributed by atoms with Crippen LogP contribution in [0.15, 0.2) is 29.8 Å². The third kappa shape index (κ3) is 2.99. The molecule has 0 N–H and O–H groups in total. The molecule has 1 aromatic heterocycles. The molecule has 1 spiro atoms. The van der Waals surface area contributed by atoms with Gasteiger partial charge in [-0.1, -0.05) is 30.5 Å². The Balaban J connectivity index is 1.32. The fourth-order valence-electron chi connectivity index (χ4n) is 5.82. The third-order valence-corrected chi connectivity index (χ3v) is 8.38. The number of hydrogen-bond donors (Lipinski definition) is 0. The lowest BCUT2D eigenvalue weighted by molar-refractivity contribution is -0.180. The van der Waals surface area contributed by atoms with E-state index in [0.29, 0.717) is 19.0 Å². The highest BCUT2D eigenvalue weighted by Gasteiger charge is 2.64. The van der Waals surface area contributed by atoms with E-state index in [4.69, 9.17) is 0 Å². The molecule has 1 atom stereocenters. The van der Waals surface area contributed by atoms with Gasteiger partial charge in [0.1, 0.15) is 0 Å². The summed E-state index contributed by atoms with van der Waals surface area (Å²) in [6, 6.07) is 8.21. The van der Waals surface area contributed by atoms with Crippen LogP contribution in [0.5, 0.6) is 0 Å². The Kier molecular flexibility index (Phi) is 4.92. The van der Waals surface area contributed by atoms with Gasteiger partial charge in [0.15, 0.2) is 0 Å². The molecule has 5 nitrogen and oxygen atoms in total. The largest absolute Gasteiger partial charge is 0.338 e. The van der Waals surface area contributed by atoms with Gasteiger partial charge in [-0.3, -0.25) is 9.59 Å². The monoisotopic (exact) mass is 423 g/mol. The number of likely N-dealkylation sites (tertiary alicyclic amines) is 2. The molecule has 2 amide bonds. The molecule has 1 unspecified atom stereocenters. The molecule has 158 valence electrons. The maximum absolute atomic E-state index is 13.4. The minimum Gasteiger partial charge on any atom is -0.338 e. The summed E-state index contributed by atoms with van der Waals surface area (Å²) in [5.74, 6) is 0.454. The van der Waals surface area contributed by atoms with Crippen molar-refractivity contribution in [3.8, 4) is 0 Å². The van der Waals surface area contributed by atoms with Crippen LogP contribution in [-0.2, 0) is 4.79 Å². The SMILES string of the molecule is Cc1cccc(C(=O)N2CCC(N3C(=O)C4(CCCC4)C3c3scnc3C)CC2)c1. The Labute approximate surface area is 182 Å². The predicted molar refractivity (Wildman–Crippen MR) is 117 cm³/mol. The minimum atomic E-state index is -0.189. The van der Waals surface area contributed by atoms with Gasteiger partial charge >= 0.3 is 0 Å². The van der Waals surface area contributed by atoms with Crippen LogP contribution in [0.3, 0.4) is 0 Å². The number of β-lactam (4-membered cyclic amide) rings is 1. The fraction of sp³-hybridized carbons (Fsp3) is 0.542. The van der Waals surface area contributed by atoms with Crippen LogP contribution < -0.4 is 0 Å². The first-order valence-electron chi connectivity index (χ1n) is 11.1. The molecule has 1 saturated carbocycles. The summed E-state index contributed by atoms with van der Waals surface area (Å²) in [5.41, 5.74) is 4.66. The number of benzene rings is 1. The number of nitrogens with zero attached hydrogens (tertiary/aromatic N) is 3. The van der Waals surface area contributed by atoms with E-state index in [9.17, 15) is 9.59 Å². The van der Waals surface area contributed by atoms with Gasteiger partial charge in [0, 0.05) is 24.7 Å². The molecule has 3 heterocycles. The van der Waals surface area contributed by atoms with Crippen LogP contribution in [0.2, 0.25) is 0 Å². The Morgan fingerprint density at radius 3 is 2.53 bits per heavy atom. The Hall–Kier alpha value is -2.21. The quantitative estimate of drug-likeness (QED) is 0.683. The van der Waals surface area contributed by atoms with Crippen molar-refractivity contribution in [2.75, 3.05) is 13.1 Å². The summed E-state index contributed by atoms with van der Waals surface area (Å²) in [6.45, 7) is 5.50. The van der Waals surface area contributed by atoms with Crippen LogP contribution in [0, 0.1) is 19.3 Å². The average molecular weight is 424 g/mol. The van der Waals surface area contributed by atoms with Crippen LogP contribution in [0.4, 0.5) is 0 Å². The molecule has 30 heavy (non-hydrogen) atoms. The van der Waals surface area contributed by atoms with Gasteiger partial charge in [-0.25, -0.2) is 4.98 Å². The first kappa shape index (κ1) is 19.7. The lowest BCUT2D eigenvalue weighted by atomic mass is 9.67. The summed E-state index contributed by atoms with van der Waals surface area (Å²) in [6.07, 6.45) is 6.03. The number of carbonyl (C=O) groups excluding carboxylic acids is 2. The molecule has 3 aliphatic rings. The van der Waals surface area contributed by atoms with Crippen molar-refractivity contribution in [3.05, 3.63) is 51.5 Å². The number of carbonyl (C=O) groups is 2. The van der Waals surface area contributed by atoms with Gasteiger partial charge in [-0.2, -0.15) is 0 Å². The van der Waals surface area contributed by atoms with E-state index in [0.717, 1.165) is 55.3 Å². The van der Waals surface area contributed by atoms with E-state index in [1.165, 1.54) is 4.88 Å². The van der Waals surface area contributed by atoms with Gasteiger partial charge in [0.05, 0.1) is 27.5 Å². The van der Waals surface area contributed by atoms with E-state index < -0.39 is 0 Å². The number of rotatable bonds is 3. The summed E-state index contributed by atoms with van der Waals surface area (Å²) in [4.78, 5) is 36.2. The Morgan fingerprint density at radius 2 is 1.90 bits per heavy atom. The molecule has 6 heteroatoms. The lowest BCUT2D eigenvalue weighted by Gasteiger charge is -2.58. The molecule has 1 aromatic carbocycles. The number of hydrogen-bond acceptors (Lipinski definition) is 4. The van der Waals surface area contributed by atoms with Gasteiger partial charge in [-0.05, 0) is 51.7 Å². The van der Waals surface area contributed by atoms with Gasteiger partial charge in [0.2, 0.25) is 5.91 Å². The van der Waals surface area contributed by atoms with Crippen LogP contribution in [0.1, 0.15) is 71.1 Å². The molecule has 3 fully saturated rings. The van der Waals surface area contributed by atoms with Crippen molar-refractivity contribution in [2.45, 2.75) is 64.5 Å². The minimum absolute atomic E-state index is 0.106. The van der Waals surface area contributed by atoms with Crippen molar-refractivity contribution < 1.29 is 9.59 Å². The first-order chi connectivity index (χ1) is 14.5. The fourth-order valence-corrected chi connectivity index (χ4v) is 6.84.